The molecule has 0 amide bonds. The van der Waals surface area contributed by atoms with E-state index in [1.54, 1.807) is 0 Å². The molecule has 15 heavy (non-hydrogen) atoms. The van der Waals surface area contributed by atoms with Gasteiger partial charge in [0.15, 0.2) is 0 Å². The highest BCUT2D eigenvalue weighted by Gasteiger charge is 2.01. The van der Waals surface area contributed by atoms with Crippen LogP contribution in [0.25, 0.3) is 0 Å². The Morgan fingerprint density at radius 1 is 1.47 bits per heavy atom. The molecule has 1 unspecified atom stereocenters. The topological polar surface area (TPSA) is 33.1 Å². The Balaban J connectivity index is 2.06. The van der Waals surface area contributed by atoms with E-state index in [-0.39, 0.29) is 0 Å². The van der Waals surface area contributed by atoms with Gasteiger partial charge in [0.2, 0.25) is 0 Å². The van der Waals surface area contributed by atoms with Gasteiger partial charge in [-0.1, -0.05) is 0 Å². The maximum atomic E-state index is 4.02. The zero-order valence-electron chi connectivity index (χ0n) is 9.98. The Hall–Kier alpha value is -0.870. The minimum absolute atomic E-state index is 0.501. The molecule has 0 aliphatic heterocycles. The van der Waals surface area contributed by atoms with Crippen LogP contribution in [0.1, 0.15) is 13.3 Å². The maximum Gasteiger partial charge on any atom is 0.0946 e. The van der Waals surface area contributed by atoms with Crippen molar-refractivity contribution in [1.82, 2.24) is 19.8 Å². The van der Waals surface area contributed by atoms with Gasteiger partial charge in [0, 0.05) is 25.0 Å². The molecule has 1 aromatic heterocycles. The molecule has 1 rings (SSSR count). The first-order valence-electron chi connectivity index (χ1n) is 5.52. The highest BCUT2D eigenvalue weighted by Crippen LogP contribution is 1.92. The Kier molecular flexibility index (Phi) is 5.36. The fourth-order valence-corrected chi connectivity index (χ4v) is 1.52. The van der Waals surface area contributed by atoms with Crippen molar-refractivity contribution in [2.45, 2.75) is 25.9 Å². The molecule has 1 atom stereocenters. The number of aromatic nitrogens is 2. The van der Waals surface area contributed by atoms with Crippen LogP contribution in [-0.4, -0.2) is 47.7 Å². The van der Waals surface area contributed by atoms with E-state index in [0.717, 1.165) is 19.6 Å². The lowest BCUT2D eigenvalue weighted by molar-refractivity contribution is 0.382. The van der Waals surface area contributed by atoms with Crippen molar-refractivity contribution in [3.8, 4) is 0 Å². The predicted octanol–water partition coefficient (Wildman–Crippen LogP) is 0.813. The van der Waals surface area contributed by atoms with Gasteiger partial charge in [-0.05, 0) is 40.5 Å². The molecule has 4 nitrogen and oxygen atoms in total. The van der Waals surface area contributed by atoms with Crippen molar-refractivity contribution in [2.24, 2.45) is 0 Å². The zero-order chi connectivity index (χ0) is 11.1. The summed E-state index contributed by atoms with van der Waals surface area (Å²) in [6.45, 7) is 5.41. The maximum absolute atomic E-state index is 4.02. The monoisotopic (exact) mass is 210 g/mol. The van der Waals surface area contributed by atoms with Gasteiger partial charge in [-0.2, -0.15) is 0 Å². The van der Waals surface area contributed by atoms with Crippen molar-refractivity contribution >= 4 is 0 Å². The van der Waals surface area contributed by atoms with E-state index in [0.29, 0.717) is 6.04 Å². The Morgan fingerprint density at radius 2 is 2.27 bits per heavy atom. The van der Waals surface area contributed by atoms with Gasteiger partial charge in [0.25, 0.3) is 0 Å². The summed E-state index contributed by atoms with van der Waals surface area (Å²) in [5.41, 5.74) is 0. The van der Waals surface area contributed by atoms with E-state index in [2.05, 4.69) is 40.8 Å². The number of imidazole rings is 1. The van der Waals surface area contributed by atoms with Crippen LogP contribution in [0, 0.1) is 0 Å². The van der Waals surface area contributed by atoms with Crippen LogP contribution in [-0.2, 0) is 6.54 Å². The molecule has 86 valence electrons. The Labute approximate surface area is 92.3 Å². The van der Waals surface area contributed by atoms with E-state index < -0.39 is 0 Å². The van der Waals surface area contributed by atoms with Crippen molar-refractivity contribution in [2.75, 3.05) is 27.2 Å². The predicted molar refractivity (Wildman–Crippen MR) is 62.9 cm³/mol. The first kappa shape index (κ1) is 12.2. The summed E-state index contributed by atoms with van der Waals surface area (Å²) in [6.07, 6.45) is 6.87. The largest absolute Gasteiger partial charge is 0.336 e. The van der Waals surface area contributed by atoms with Crippen molar-refractivity contribution in [3.63, 3.8) is 0 Å². The van der Waals surface area contributed by atoms with Crippen LogP contribution in [0.5, 0.6) is 0 Å². The number of nitrogens with one attached hydrogen (secondary N) is 1. The quantitative estimate of drug-likeness (QED) is 0.676. The average molecular weight is 210 g/mol. The van der Waals surface area contributed by atoms with E-state index in [1.165, 1.54) is 6.42 Å². The van der Waals surface area contributed by atoms with E-state index in [1.807, 2.05) is 18.7 Å². The van der Waals surface area contributed by atoms with Gasteiger partial charge < -0.3 is 14.8 Å². The van der Waals surface area contributed by atoms with Crippen molar-refractivity contribution in [3.05, 3.63) is 18.7 Å². The van der Waals surface area contributed by atoms with Crippen LogP contribution in [0.2, 0.25) is 0 Å². The van der Waals surface area contributed by atoms with Crippen LogP contribution in [0.4, 0.5) is 0 Å². The highest BCUT2D eigenvalue weighted by molar-refractivity contribution is 4.76. The molecule has 0 radical (unpaired) electrons. The van der Waals surface area contributed by atoms with Gasteiger partial charge in [0.05, 0.1) is 6.33 Å². The second kappa shape index (κ2) is 6.58. The molecule has 4 heteroatoms. The normalized spacial score (nSPS) is 13.3. The lowest BCUT2D eigenvalue weighted by Crippen LogP contribution is -2.32. The number of hydrogen-bond acceptors (Lipinski definition) is 3. The molecular formula is C11H22N4. The third-order valence-electron chi connectivity index (χ3n) is 2.32. The molecule has 1 N–H and O–H groups in total. The van der Waals surface area contributed by atoms with Crippen LogP contribution >= 0.6 is 0 Å². The molecule has 0 spiro atoms. The average Bonchev–Trinajstić information content (AvgIpc) is 2.64. The Bertz CT molecular complexity index is 243. The summed E-state index contributed by atoms with van der Waals surface area (Å²) >= 11 is 0. The fraction of sp³-hybridized carbons (Fsp3) is 0.727. The van der Waals surface area contributed by atoms with Crippen LogP contribution < -0.4 is 5.32 Å². The minimum Gasteiger partial charge on any atom is -0.336 e. The summed E-state index contributed by atoms with van der Waals surface area (Å²) in [7, 11) is 4.21. The molecule has 0 saturated heterocycles. The van der Waals surface area contributed by atoms with Crippen LogP contribution in [0.3, 0.4) is 0 Å². The summed E-state index contributed by atoms with van der Waals surface area (Å²) in [5.74, 6) is 0. The molecule has 0 aliphatic rings. The standard InChI is InChI=1S/C11H22N4/c1-11(9-15-8-6-12-10-15)13-5-4-7-14(2)3/h6,8,10-11,13H,4-5,7,9H2,1-3H3. The van der Waals surface area contributed by atoms with Crippen molar-refractivity contribution in [1.29, 1.82) is 0 Å². The van der Waals surface area contributed by atoms with E-state index in [9.17, 15) is 0 Å². The second-order valence-corrected chi connectivity index (χ2v) is 4.27. The summed E-state index contributed by atoms with van der Waals surface area (Å²) in [6, 6.07) is 0.501. The van der Waals surface area contributed by atoms with Gasteiger partial charge in [-0.3, -0.25) is 0 Å². The van der Waals surface area contributed by atoms with Gasteiger partial charge >= 0.3 is 0 Å². The van der Waals surface area contributed by atoms with Gasteiger partial charge in [-0.15, -0.1) is 0 Å². The number of hydrogen-bond donors (Lipinski definition) is 1. The van der Waals surface area contributed by atoms with Crippen molar-refractivity contribution < 1.29 is 0 Å². The van der Waals surface area contributed by atoms with Gasteiger partial charge in [-0.25, -0.2) is 4.98 Å². The third-order valence-corrected chi connectivity index (χ3v) is 2.32. The second-order valence-electron chi connectivity index (χ2n) is 4.27. The number of nitrogens with zero attached hydrogens (tertiary/aromatic N) is 3. The molecule has 1 heterocycles. The lowest BCUT2D eigenvalue weighted by Gasteiger charge is -2.15. The summed E-state index contributed by atoms with van der Waals surface area (Å²) in [4.78, 5) is 6.23. The lowest BCUT2D eigenvalue weighted by atomic mass is 10.3. The SMILES string of the molecule is CC(Cn1ccnc1)NCCCN(C)C. The Morgan fingerprint density at radius 3 is 2.87 bits per heavy atom. The number of rotatable bonds is 7. The molecule has 0 bridgehead atoms. The molecule has 0 aliphatic carbocycles. The first-order chi connectivity index (χ1) is 7.18. The zero-order valence-corrected chi connectivity index (χ0v) is 9.98. The molecule has 1 aromatic rings. The summed E-state index contributed by atoms with van der Waals surface area (Å²) < 4.78 is 2.10. The third kappa shape index (κ3) is 5.54. The van der Waals surface area contributed by atoms with Crippen LogP contribution in [0.15, 0.2) is 18.7 Å². The van der Waals surface area contributed by atoms with E-state index in [4.69, 9.17) is 0 Å². The first-order valence-corrected chi connectivity index (χ1v) is 5.52. The van der Waals surface area contributed by atoms with E-state index >= 15 is 0 Å². The molecule has 0 fully saturated rings. The smallest absolute Gasteiger partial charge is 0.0946 e. The minimum atomic E-state index is 0.501. The molecular weight excluding hydrogens is 188 g/mol. The molecule has 0 saturated carbocycles. The molecule has 0 aromatic carbocycles. The van der Waals surface area contributed by atoms with Gasteiger partial charge in [0.1, 0.15) is 0 Å². The highest BCUT2D eigenvalue weighted by atomic mass is 15.1. The fourth-order valence-electron chi connectivity index (χ4n) is 1.52. The summed E-state index contributed by atoms with van der Waals surface area (Å²) in [5, 5.41) is 3.50.